The normalized spacial score (nSPS) is 17.7. The number of pyridine rings is 1. The Morgan fingerprint density at radius 1 is 1.15 bits per heavy atom. The standard InChI is InChI=1S/C28H41N5O/c1-28(2,3)20-30-17-22(21-10-6-4-7-11-21)14-15-33-19-23-16-26(31-18-25(23)32-27(33)29)34-24-12-8-5-9-13-24/h5,8-9,12-13,16,18,21-22,30H,4,6-7,10-11,14-15,17,19-20H2,1-3H3,(H2,29,32). The van der Waals surface area contributed by atoms with Crippen molar-refractivity contribution in [1.29, 1.82) is 0 Å². The lowest BCUT2D eigenvalue weighted by molar-refractivity contribution is 0.207. The van der Waals surface area contributed by atoms with Crippen LogP contribution in [0.15, 0.2) is 47.6 Å². The van der Waals surface area contributed by atoms with Crippen LogP contribution in [0.25, 0.3) is 0 Å². The van der Waals surface area contributed by atoms with Crippen LogP contribution in [0.1, 0.15) is 64.9 Å². The van der Waals surface area contributed by atoms with Crippen molar-refractivity contribution in [2.45, 2.75) is 65.8 Å². The molecule has 1 aromatic heterocycles. The highest BCUT2D eigenvalue weighted by atomic mass is 16.5. The maximum atomic E-state index is 6.38. The number of hydrogen-bond donors (Lipinski definition) is 2. The molecule has 1 aromatic carbocycles. The number of ether oxygens (including phenoxy) is 1. The molecule has 0 bridgehead atoms. The number of nitrogens with two attached hydrogens (primary N) is 1. The van der Waals surface area contributed by atoms with Gasteiger partial charge in [-0.1, -0.05) is 71.1 Å². The monoisotopic (exact) mass is 463 g/mol. The topological polar surface area (TPSA) is 75.8 Å². The summed E-state index contributed by atoms with van der Waals surface area (Å²) < 4.78 is 5.94. The van der Waals surface area contributed by atoms with Gasteiger partial charge >= 0.3 is 0 Å². The highest BCUT2D eigenvalue weighted by Crippen LogP contribution is 2.33. The van der Waals surface area contributed by atoms with E-state index in [0.717, 1.165) is 55.5 Å². The molecule has 2 aliphatic rings. The van der Waals surface area contributed by atoms with Gasteiger partial charge in [0.1, 0.15) is 5.75 Å². The molecule has 1 aliphatic carbocycles. The van der Waals surface area contributed by atoms with Crippen molar-refractivity contribution in [2.75, 3.05) is 19.6 Å². The number of aliphatic imine (C=N–C) groups is 1. The number of guanidine groups is 1. The molecule has 0 spiro atoms. The third-order valence-corrected chi connectivity index (χ3v) is 6.97. The van der Waals surface area contributed by atoms with Gasteiger partial charge in [-0.05, 0) is 48.9 Å². The largest absolute Gasteiger partial charge is 0.439 e. The van der Waals surface area contributed by atoms with E-state index in [9.17, 15) is 0 Å². The zero-order valence-electron chi connectivity index (χ0n) is 21.1. The molecular formula is C28H41N5O. The Morgan fingerprint density at radius 2 is 1.91 bits per heavy atom. The van der Waals surface area contributed by atoms with E-state index in [0.29, 0.717) is 23.2 Å². The maximum absolute atomic E-state index is 6.38. The summed E-state index contributed by atoms with van der Waals surface area (Å²) in [7, 11) is 0. The summed E-state index contributed by atoms with van der Waals surface area (Å²) in [5.41, 5.74) is 8.63. The van der Waals surface area contributed by atoms with Gasteiger partial charge in [0.2, 0.25) is 5.88 Å². The molecule has 1 unspecified atom stereocenters. The van der Waals surface area contributed by atoms with Crippen LogP contribution in [0.2, 0.25) is 0 Å². The Labute approximate surface area is 205 Å². The van der Waals surface area contributed by atoms with Gasteiger partial charge in [0, 0.05) is 24.7 Å². The molecule has 1 atom stereocenters. The summed E-state index contributed by atoms with van der Waals surface area (Å²) in [6, 6.07) is 11.8. The average molecular weight is 464 g/mol. The van der Waals surface area contributed by atoms with E-state index in [2.05, 4.69) is 41.0 Å². The molecule has 2 heterocycles. The first kappa shape index (κ1) is 24.5. The second kappa shape index (κ2) is 11.2. The molecule has 1 saturated carbocycles. The Hall–Kier alpha value is -2.60. The number of nitrogens with zero attached hydrogens (tertiary/aromatic N) is 3. The van der Waals surface area contributed by atoms with Gasteiger partial charge < -0.3 is 20.7 Å². The smallest absolute Gasteiger partial charge is 0.219 e. The Kier molecular flexibility index (Phi) is 8.09. The van der Waals surface area contributed by atoms with Gasteiger partial charge in [-0.15, -0.1) is 0 Å². The molecule has 6 heteroatoms. The van der Waals surface area contributed by atoms with Crippen LogP contribution in [0.5, 0.6) is 11.6 Å². The Morgan fingerprint density at radius 3 is 2.65 bits per heavy atom. The number of benzene rings is 1. The highest BCUT2D eigenvalue weighted by molar-refractivity contribution is 5.83. The van der Waals surface area contributed by atoms with Crippen molar-refractivity contribution in [3.8, 4) is 11.6 Å². The summed E-state index contributed by atoms with van der Waals surface area (Å²) >= 11 is 0. The number of aromatic nitrogens is 1. The van der Waals surface area contributed by atoms with Crippen molar-refractivity contribution in [3.63, 3.8) is 0 Å². The van der Waals surface area contributed by atoms with E-state index in [1.807, 2.05) is 36.4 Å². The van der Waals surface area contributed by atoms with Crippen LogP contribution < -0.4 is 15.8 Å². The molecule has 184 valence electrons. The predicted octanol–water partition coefficient (Wildman–Crippen LogP) is 5.86. The molecule has 0 radical (unpaired) electrons. The molecule has 0 saturated heterocycles. The lowest BCUT2D eigenvalue weighted by atomic mass is 9.78. The van der Waals surface area contributed by atoms with Crippen LogP contribution in [-0.2, 0) is 6.54 Å². The molecule has 4 rings (SSSR count). The summed E-state index contributed by atoms with van der Waals surface area (Å²) in [4.78, 5) is 11.3. The molecule has 0 amide bonds. The number of rotatable bonds is 9. The van der Waals surface area contributed by atoms with E-state index in [-0.39, 0.29) is 0 Å². The Bertz CT molecular complexity index is 947. The van der Waals surface area contributed by atoms with Crippen molar-refractivity contribution >= 4 is 11.6 Å². The van der Waals surface area contributed by atoms with Gasteiger partial charge in [-0.25, -0.2) is 9.98 Å². The van der Waals surface area contributed by atoms with Crippen molar-refractivity contribution < 1.29 is 4.74 Å². The van der Waals surface area contributed by atoms with Gasteiger partial charge in [0.25, 0.3) is 0 Å². The molecule has 1 aliphatic heterocycles. The Balaban J connectivity index is 1.39. The first-order chi connectivity index (χ1) is 16.4. The highest BCUT2D eigenvalue weighted by Gasteiger charge is 2.26. The van der Waals surface area contributed by atoms with Crippen LogP contribution in [0.3, 0.4) is 0 Å². The average Bonchev–Trinajstić information content (AvgIpc) is 2.82. The fourth-order valence-electron chi connectivity index (χ4n) is 5.10. The quantitative estimate of drug-likeness (QED) is 0.487. The summed E-state index contributed by atoms with van der Waals surface area (Å²) in [6.07, 6.45) is 9.75. The van der Waals surface area contributed by atoms with E-state index >= 15 is 0 Å². The third-order valence-electron chi connectivity index (χ3n) is 6.97. The maximum Gasteiger partial charge on any atom is 0.219 e. The molecule has 6 nitrogen and oxygen atoms in total. The molecule has 34 heavy (non-hydrogen) atoms. The SMILES string of the molecule is CC(C)(C)CNCC(CCN1Cc2cc(Oc3ccccc3)ncc2N=C1N)C1CCCCC1. The molecule has 2 aromatic rings. The summed E-state index contributed by atoms with van der Waals surface area (Å²) in [6.45, 7) is 10.7. The van der Waals surface area contributed by atoms with Crippen LogP contribution in [0, 0.1) is 17.3 Å². The van der Waals surface area contributed by atoms with E-state index in [4.69, 9.17) is 10.5 Å². The van der Waals surface area contributed by atoms with Gasteiger partial charge in [-0.3, -0.25) is 0 Å². The van der Waals surface area contributed by atoms with Crippen LogP contribution >= 0.6 is 0 Å². The predicted molar refractivity (Wildman–Crippen MR) is 139 cm³/mol. The van der Waals surface area contributed by atoms with E-state index < -0.39 is 0 Å². The minimum atomic E-state index is 0.304. The van der Waals surface area contributed by atoms with Crippen molar-refractivity contribution in [3.05, 3.63) is 48.2 Å². The second-order valence-corrected chi connectivity index (χ2v) is 11.1. The summed E-state index contributed by atoms with van der Waals surface area (Å²) in [5, 5.41) is 3.76. The van der Waals surface area contributed by atoms with Crippen molar-refractivity contribution in [2.24, 2.45) is 28.0 Å². The zero-order valence-corrected chi connectivity index (χ0v) is 21.1. The lowest BCUT2D eigenvalue weighted by Crippen LogP contribution is -2.41. The van der Waals surface area contributed by atoms with Gasteiger partial charge in [-0.2, -0.15) is 0 Å². The van der Waals surface area contributed by atoms with Gasteiger partial charge in [0.05, 0.1) is 11.9 Å². The molecule has 1 fully saturated rings. The van der Waals surface area contributed by atoms with Crippen LogP contribution in [-0.4, -0.2) is 35.5 Å². The number of nitrogens with one attached hydrogen (secondary N) is 1. The number of para-hydroxylation sites is 1. The summed E-state index contributed by atoms with van der Waals surface area (Å²) in [5.74, 6) is 3.45. The van der Waals surface area contributed by atoms with Crippen LogP contribution in [0.4, 0.5) is 5.69 Å². The van der Waals surface area contributed by atoms with E-state index in [1.165, 1.54) is 32.1 Å². The lowest BCUT2D eigenvalue weighted by Gasteiger charge is -2.34. The number of hydrogen-bond acceptors (Lipinski definition) is 6. The van der Waals surface area contributed by atoms with Gasteiger partial charge in [0.15, 0.2) is 5.96 Å². The zero-order chi connectivity index (χ0) is 24.0. The minimum absolute atomic E-state index is 0.304. The van der Waals surface area contributed by atoms with Crippen molar-refractivity contribution in [1.82, 2.24) is 15.2 Å². The first-order valence-electron chi connectivity index (χ1n) is 12.9. The first-order valence-corrected chi connectivity index (χ1v) is 12.9. The second-order valence-electron chi connectivity index (χ2n) is 11.1. The third kappa shape index (κ3) is 6.95. The molecule has 3 N–H and O–H groups in total. The molecular weight excluding hydrogens is 422 g/mol. The number of fused-ring (bicyclic) bond motifs is 1. The fourth-order valence-corrected chi connectivity index (χ4v) is 5.10. The minimum Gasteiger partial charge on any atom is -0.439 e. The fraction of sp³-hybridized carbons (Fsp3) is 0.571. The van der Waals surface area contributed by atoms with E-state index in [1.54, 1.807) is 6.20 Å².